The number of rotatable bonds is 2. The molecule has 0 aromatic carbocycles. The standard InChI is InChI=1S/C11H14N2O2S/c1-8-2-7-16-10(8)9(14)11(15)13-5-3-12-4-6-13/h2,7,12H,3-6H2,1H3. The number of thiophene rings is 1. The van der Waals surface area contributed by atoms with Crippen LogP contribution < -0.4 is 5.32 Å². The zero-order chi connectivity index (χ0) is 11.5. The van der Waals surface area contributed by atoms with Crippen molar-refractivity contribution < 1.29 is 9.59 Å². The van der Waals surface area contributed by atoms with Crippen LogP contribution >= 0.6 is 11.3 Å². The van der Waals surface area contributed by atoms with Crippen LogP contribution in [0.1, 0.15) is 15.2 Å². The van der Waals surface area contributed by atoms with Crippen molar-refractivity contribution in [2.75, 3.05) is 26.2 Å². The highest BCUT2D eigenvalue weighted by atomic mass is 32.1. The van der Waals surface area contributed by atoms with Gasteiger partial charge in [0.25, 0.3) is 11.7 Å². The van der Waals surface area contributed by atoms with E-state index in [2.05, 4.69) is 5.32 Å². The second kappa shape index (κ2) is 4.76. The lowest BCUT2D eigenvalue weighted by molar-refractivity contribution is -0.126. The molecule has 0 unspecified atom stereocenters. The summed E-state index contributed by atoms with van der Waals surface area (Å²) in [6, 6.07) is 1.86. The number of hydrogen-bond donors (Lipinski definition) is 1. The monoisotopic (exact) mass is 238 g/mol. The summed E-state index contributed by atoms with van der Waals surface area (Å²) < 4.78 is 0. The first-order valence-corrected chi connectivity index (χ1v) is 6.16. The third kappa shape index (κ3) is 2.15. The summed E-state index contributed by atoms with van der Waals surface area (Å²) in [4.78, 5) is 26.0. The molecule has 0 atom stereocenters. The van der Waals surface area contributed by atoms with E-state index in [0.717, 1.165) is 18.7 Å². The van der Waals surface area contributed by atoms with Gasteiger partial charge in [-0.05, 0) is 23.9 Å². The summed E-state index contributed by atoms with van der Waals surface area (Å²) in [5, 5.41) is 4.99. The van der Waals surface area contributed by atoms with E-state index >= 15 is 0 Å². The minimum Gasteiger partial charge on any atom is -0.333 e. The Bertz CT molecular complexity index is 408. The zero-order valence-electron chi connectivity index (χ0n) is 9.16. The van der Waals surface area contributed by atoms with Crippen LogP contribution in [0.3, 0.4) is 0 Å². The quantitative estimate of drug-likeness (QED) is 0.608. The molecule has 1 fully saturated rings. The van der Waals surface area contributed by atoms with E-state index in [1.165, 1.54) is 11.3 Å². The van der Waals surface area contributed by atoms with E-state index in [9.17, 15) is 9.59 Å². The predicted octanol–water partition coefficient (Wildman–Crippen LogP) is 0.671. The Balaban J connectivity index is 2.10. The molecule has 4 nitrogen and oxygen atoms in total. The van der Waals surface area contributed by atoms with Gasteiger partial charge in [0.15, 0.2) is 0 Å². The van der Waals surface area contributed by atoms with Crippen LogP contribution in [0.4, 0.5) is 0 Å². The molecule has 0 radical (unpaired) electrons. The van der Waals surface area contributed by atoms with Crippen LogP contribution in [0.15, 0.2) is 11.4 Å². The van der Waals surface area contributed by atoms with E-state index in [0.29, 0.717) is 18.0 Å². The molecule has 1 saturated heterocycles. The fourth-order valence-corrected chi connectivity index (χ4v) is 2.57. The van der Waals surface area contributed by atoms with Gasteiger partial charge in [0, 0.05) is 26.2 Å². The SMILES string of the molecule is Cc1ccsc1C(=O)C(=O)N1CCNCC1. The van der Waals surface area contributed by atoms with Crippen LogP contribution in [0.5, 0.6) is 0 Å². The van der Waals surface area contributed by atoms with Crippen molar-refractivity contribution in [2.45, 2.75) is 6.92 Å². The largest absolute Gasteiger partial charge is 0.333 e. The first-order chi connectivity index (χ1) is 7.70. The molecule has 0 spiro atoms. The van der Waals surface area contributed by atoms with Gasteiger partial charge in [-0.2, -0.15) is 0 Å². The molecule has 0 saturated carbocycles. The predicted molar refractivity (Wildman–Crippen MR) is 62.8 cm³/mol. The number of carbonyl (C=O) groups is 2. The smallest absolute Gasteiger partial charge is 0.295 e. The lowest BCUT2D eigenvalue weighted by Gasteiger charge is -2.26. The molecule has 1 aliphatic rings. The van der Waals surface area contributed by atoms with Gasteiger partial charge in [-0.25, -0.2) is 0 Å². The van der Waals surface area contributed by atoms with Crippen LogP contribution in [-0.2, 0) is 4.79 Å². The maximum Gasteiger partial charge on any atom is 0.295 e. The second-order valence-electron chi connectivity index (χ2n) is 3.80. The second-order valence-corrected chi connectivity index (χ2v) is 4.72. The highest BCUT2D eigenvalue weighted by Crippen LogP contribution is 2.17. The highest BCUT2D eigenvalue weighted by molar-refractivity contribution is 7.13. The summed E-state index contributed by atoms with van der Waals surface area (Å²) in [6.45, 7) is 4.63. The lowest BCUT2D eigenvalue weighted by atomic mass is 10.2. The number of nitrogens with zero attached hydrogens (tertiary/aromatic N) is 1. The fraction of sp³-hybridized carbons (Fsp3) is 0.455. The third-order valence-corrected chi connectivity index (χ3v) is 3.68. The van der Waals surface area contributed by atoms with Gasteiger partial charge >= 0.3 is 0 Å². The Morgan fingerprint density at radius 2 is 2.06 bits per heavy atom. The first kappa shape index (κ1) is 11.3. The fourth-order valence-electron chi connectivity index (χ4n) is 1.71. The van der Waals surface area contributed by atoms with Crippen LogP contribution in [-0.4, -0.2) is 42.8 Å². The summed E-state index contributed by atoms with van der Waals surface area (Å²) in [7, 11) is 0. The Morgan fingerprint density at radius 3 is 2.62 bits per heavy atom. The normalized spacial score (nSPS) is 16.2. The zero-order valence-corrected chi connectivity index (χ0v) is 9.97. The van der Waals surface area contributed by atoms with Crippen molar-refractivity contribution in [2.24, 2.45) is 0 Å². The summed E-state index contributed by atoms with van der Waals surface area (Å²) in [5.74, 6) is -0.735. The van der Waals surface area contributed by atoms with Crippen molar-refractivity contribution in [3.05, 3.63) is 21.9 Å². The van der Waals surface area contributed by atoms with Gasteiger partial charge in [-0.3, -0.25) is 9.59 Å². The van der Waals surface area contributed by atoms with Crippen LogP contribution in [0, 0.1) is 6.92 Å². The summed E-state index contributed by atoms with van der Waals surface area (Å²) in [6.07, 6.45) is 0. The maximum atomic E-state index is 11.9. The topological polar surface area (TPSA) is 49.4 Å². The van der Waals surface area contributed by atoms with Gasteiger partial charge < -0.3 is 10.2 Å². The van der Waals surface area contributed by atoms with E-state index < -0.39 is 0 Å². The Labute approximate surface area is 98.3 Å². The molecule has 1 aromatic rings. The number of Topliss-reactive ketones (excluding diaryl/α,β-unsaturated/α-hetero) is 1. The summed E-state index contributed by atoms with van der Waals surface area (Å²) >= 11 is 1.34. The molecule has 2 heterocycles. The highest BCUT2D eigenvalue weighted by Gasteiger charge is 2.25. The van der Waals surface area contributed by atoms with E-state index in [4.69, 9.17) is 0 Å². The number of carbonyl (C=O) groups excluding carboxylic acids is 2. The Morgan fingerprint density at radius 1 is 1.38 bits per heavy atom. The molecule has 2 rings (SSSR count). The van der Waals surface area contributed by atoms with Crippen molar-refractivity contribution in [1.29, 1.82) is 0 Å². The molecule has 0 bridgehead atoms. The van der Waals surface area contributed by atoms with Gasteiger partial charge in [-0.1, -0.05) is 0 Å². The average Bonchev–Trinajstić information content (AvgIpc) is 2.75. The number of nitrogens with one attached hydrogen (secondary N) is 1. The Kier molecular flexibility index (Phi) is 3.36. The van der Waals surface area contributed by atoms with Crippen LogP contribution in [0.25, 0.3) is 0 Å². The van der Waals surface area contributed by atoms with E-state index in [1.54, 1.807) is 4.90 Å². The molecule has 0 aliphatic carbocycles. The van der Waals surface area contributed by atoms with Crippen molar-refractivity contribution in [3.8, 4) is 0 Å². The van der Waals surface area contributed by atoms with Gasteiger partial charge in [0.05, 0.1) is 4.88 Å². The molecular weight excluding hydrogens is 224 g/mol. The van der Waals surface area contributed by atoms with Gasteiger partial charge in [-0.15, -0.1) is 11.3 Å². The number of piperazine rings is 1. The molecular formula is C11H14N2O2S. The molecule has 5 heteroatoms. The van der Waals surface area contributed by atoms with E-state index in [-0.39, 0.29) is 11.7 Å². The number of hydrogen-bond acceptors (Lipinski definition) is 4. The van der Waals surface area contributed by atoms with Gasteiger partial charge in [0.2, 0.25) is 0 Å². The van der Waals surface area contributed by atoms with E-state index in [1.807, 2.05) is 18.4 Å². The Hall–Kier alpha value is -1.20. The lowest BCUT2D eigenvalue weighted by Crippen LogP contribution is -2.48. The number of ketones is 1. The maximum absolute atomic E-state index is 11.9. The summed E-state index contributed by atoms with van der Waals surface area (Å²) in [5.41, 5.74) is 0.887. The molecule has 16 heavy (non-hydrogen) atoms. The molecule has 1 N–H and O–H groups in total. The van der Waals surface area contributed by atoms with Crippen molar-refractivity contribution >= 4 is 23.0 Å². The minimum atomic E-state index is -0.368. The molecule has 86 valence electrons. The van der Waals surface area contributed by atoms with Crippen molar-refractivity contribution in [1.82, 2.24) is 10.2 Å². The minimum absolute atomic E-state index is 0.366. The first-order valence-electron chi connectivity index (χ1n) is 5.28. The molecule has 1 amide bonds. The number of amides is 1. The van der Waals surface area contributed by atoms with Gasteiger partial charge in [0.1, 0.15) is 0 Å². The molecule has 1 aromatic heterocycles. The molecule has 1 aliphatic heterocycles. The average molecular weight is 238 g/mol. The van der Waals surface area contributed by atoms with Crippen LogP contribution in [0.2, 0.25) is 0 Å². The third-order valence-electron chi connectivity index (χ3n) is 2.67. The van der Waals surface area contributed by atoms with Crippen molar-refractivity contribution in [3.63, 3.8) is 0 Å². The number of aryl methyl sites for hydroxylation is 1.